The highest BCUT2D eigenvalue weighted by Crippen LogP contribution is 2.11. The molecule has 0 saturated carbocycles. The van der Waals surface area contributed by atoms with Gasteiger partial charge in [0.25, 0.3) is 0 Å². The predicted octanol–water partition coefficient (Wildman–Crippen LogP) is 4.64. The number of aliphatic hydroxyl groups is 1. The minimum atomic E-state index is 0. The molecule has 118 valence electrons. The Kier molecular flexibility index (Phi) is 20.6. The smallest absolute Gasteiger partial charge is 0.0558 e. The second kappa shape index (κ2) is 18.2. The van der Waals surface area contributed by atoms with E-state index in [1.807, 2.05) is 0 Å². The summed E-state index contributed by atoms with van der Waals surface area (Å²) in [6.45, 7) is 4.52. The number of hydrogen-bond acceptors (Lipinski definition) is 2. The summed E-state index contributed by atoms with van der Waals surface area (Å²) in [5.41, 5.74) is 0. The van der Waals surface area contributed by atoms with Crippen LogP contribution >= 0.6 is 12.4 Å². The number of nitrogens with zero attached hydrogens (tertiary/aromatic N) is 1. The molecule has 2 nitrogen and oxygen atoms in total. The van der Waals surface area contributed by atoms with Crippen LogP contribution in [-0.2, 0) is 0 Å². The van der Waals surface area contributed by atoms with Crippen LogP contribution in [0.2, 0.25) is 0 Å². The van der Waals surface area contributed by atoms with Crippen LogP contribution in [0.15, 0.2) is 0 Å². The van der Waals surface area contributed by atoms with Crippen molar-refractivity contribution in [1.82, 2.24) is 4.90 Å². The third-order valence-electron chi connectivity index (χ3n) is 3.63. The first-order chi connectivity index (χ1) is 8.81. The Morgan fingerprint density at radius 1 is 0.684 bits per heavy atom. The van der Waals surface area contributed by atoms with Crippen molar-refractivity contribution < 1.29 is 5.11 Å². The largest absolute Gasteiger partial charge is 0.395 e. The van der Waals surface area contributed by atoms with Gasteiger partial charge in [-0.25, -0.2) is 0 Å². The first kappa shape index (κ1) is 21.5. The van der Waals surface area contributed by atoms with Gasteiger partial charge in [0.1, 0.15) is 0 Å². The zero-order chi connectivity index (χ0) is 13.5. The van der Waals surface area contributed by atoms with Crippen molar-refractivity contribution in [2.75, 3.05) is 26.7 Å². The molecule has 0 aromatic heterocycles. The van der Waals surface area contributed by atoms with Crippen molar-refractivity contribution in [1.29, 1.82) is 0 Å². The maximum atomic E-state index is 8.77. The van der Waals surface area contributed by atoms with Gasteiger partial charge in [-0.2, -0.15) is 0 Å². The van der Waals surface area contributed by atoms with Crippen LogP contribution in [0.5, 0.6) is 0 Å². The van der Waals surface area contributed by atoms with Crippen molar-refractivity contribution in [2.24, 2.45) is 0 Å². The number of hydrogen-bond donors (Lipinski definition) is 1. The first-order valence-corrected chi connectivity index (χ1v) is 8.10. The van der Waals surface area contributed by atoms with E-state index in [1.54, 1.807) is 0 Å². The van der Waals surface area contributed by atoms with Crippen molar-refractivity contribution in [3.8, 4) is 0 Å². The summed E-state index contributed by atoms with van der Waals surface area (Å²) in [5, 5.41) is 8.77. The van der Waals surface area contributed by atoms with Gasteiger partial charge < -0.3 is 10.0 Å². The molecule has 0 fully saturated rings. The van der Waals surface area contributed by atoms with E-state index < -0.39 is 0 Å². The monoisotopic (exact) mass is 293 g/mol. The van der Waals surface area contributed by atoms with Gasteiger partial charge in [-0.15, -0.1) is 12.4 Å². The Morgan fingerprint density at radius 2 is 1.11 bits per heavy atom. The third-order valence-corrected chi connectivity index (χ3v) is 3.63. The quantitative estimate of drug-likeness (QED) is 0.472. The summed E-state index contributed by atoms with van der Waals surface area (Å²) in [7, 11) is 2.09. The third kappa shape index (κ3) is 18.2. The minimum absolute atomic E-state index is 0. The van der Waals surface area contributed by atoms with Gasteiger partial charge in [0.2, 0.25) is 0 Å². The highest BCUT2D eigenvalue weighted by molar-refractivity contribution is 5.85. The minimum Gasteiger partial charge on any atom is -0.395 e. The molecule has 0 unspecified atom stereocenters. The molecular formula is C16H36ClNO. The first-order valence-electron chi connectivity index (χ1n) is 8.10. The van der Waals surface area contributed by atoms with Crippen LogP contribution in [0.3, 0.4) is 0 Å². The van der Waals surface area contributed by atoms with Gasteiger partial charge in [0.15, 0.2) is 0 Å². The van der Waals surface area contributed by atoms with Crippen molar-refractivity contribution in [2.45, 2.75) is 77.6 Å². The number of rotatable bonds is 14. The number of aliphatic hydroxyl groups excluding tert-OH is 1. The molecule has 0 radical (unpaired) electrons. The second-order valence-corrected chi connectivity index (χ2v) is 5.56. The van der Waals surface area contributed by atoms with Crippen LogP contribution < -0.4 is 0 Å². The topological polar surface area (TPSA) is 23.5 Å². The molecule has 0 aliphatic rings. The Balaban J connectivity index is 0. The van der Waals surface area contributed by atoms with E-state index in [9.17, 15) is 0 Å². The maximum absolute atomic E-state index is 8.77. The van der Waals surface area contributed by atoms with Crippen LogP contribution in [-0.4, -0.2) is 36.8 Å². The lowest BCUT2D eigenvalue weighted by Gasteiger charge is -2.14. The average molecular weight is 294 g/mol. The Bertz CT molecular complexity index is 156. The number of halogens is 1. The molecule has 0 saturated heterocycles. The molecule has 0 aliphatic heterocycles. The molecular weight excluding hydrogens is 258 g/mol. The lowest BCUT2D eigenvalue weighted by atomic mass is 10.1. The summed E-state index contributed by atoms with van der Waals surface area (Å²) in [6, 6.07) is 0. The molecule has 0 atom stereocenters. The van der Waals surface area contributed by atoms with Gasteiger partial charge in [-0.3, -0.25) is 0 Å². The summed E-state index contributed by atoms with van der Waals surface area (Å²) in [5.74, 6) is 0. The fraction of sp³-hybridized carbons (Fsp3) is 1.00. The average Bonchev–Trinajstić information content (AvgIpc) is 2.36. The molecule has 0 rings (SSSR count). The highest BCUT2D eigenvalue weighted by atomic mass is 35.5. The molecule has 0 spiro atoms. The van der Waals surface area contributed by atoms with Gasteiger partial charge in [-0.1, -0.05) is 71.1 Å². The SMILES string of the molecule is CCCCCCCCCCCCCN(C)CCO.Cl. The Hall–Kier alpha value is 0.210. The summed E-state index contributed by atoms with van der Waals surface area (Å²) >= 11 is 0. The number of likely N-dealkylation sites (N-methyl/N-ethyl adjacent to an activating group) is 1. The molecule has 19 heavy (non-hydrogen) atoms. The molecule has 1 N–H and O–H groups in total. The van der Waals surface area contributed by atoms with E-state index in [4.69, 9.17) is 5.11 Å². The van der Waals surface area contributed by atoms with E-state index in [2.05, 4.69) is 18.9 Å². The van der Waals surface area contributed by atoms with Crippen molar-refractivity contribution >= 4 is 12.4 Å². The molecule has 0 aliphatic carbocycles. The lowest BCUT2D eigenvalue weighted by molar-refractivity contribution is 0.219. The zero-order valence-electron chi connectivity index (χ0n) is 13.2. The summed E-state index contributed by atoms with van der Waals surface area (Å²) < 4.78 is 0. The van der Waals surface area contributed by atoms with E-state index in [0.29, 0.717) is 0 Å². The second-order valence-electron chi connectivity index (χ2n) is 5.56. The normalized spacial score (nSPS) is 10.7. The molecule has 0 heterocycles. The number of unbranched alkanes of at least 4 members (excludes halogenated alkanes) is 10. The predicted molar refractivity (Wildman–Crippen MR) is 88.3 cm³/mol. The molecule has 0 amide bonds. The van der Waals surface area contributed by atoms with Crippen LogP contribution in [0, 0.1) is 0 Å². The van der Waals surface area contributed by atoms with Crippen LogP contribution in [0.1, 0.15) is 77.6 Å². The standard InChI is InChI=1S/C16H35NO.ClH/c1-3-4-5-6-7-8-9-10-11-12-13-14-17(2)15-16-18;/h18H,3-16H2,1-2H3;1H. The van der Waals surface area contributed by atoms with Crippen LogP contribution in [0.25, 0.3) is 0 Å². The maximum Gasteiger partial charge on any atom is 0.0558 e. The van der Waals surface area contributed by atoms with Gasteiger partial charge in [0.05, 0.1) is 6.61 Å². The zero-order valence-corrected chi connectivity index (χ0v) is 14.0. The molecule has 0 aromatic carbocycles. The van der Waals surface area contributed by atoms with E-state index in [1.165, 1.54) is 70.6 Å². The molecule has 0 aromatic rings. The summed E-state index contributed by atoms with van der Waals surface area (Å²) in [4.78, 5) is 2.22. The molecule has 3 heteroatoms. The lowest BCUT2D eigenvalue weighted by Crippen LogP contribution is -2.23. The van der Waals surface area contributed by atoms with Crippen molar-refractivity contribution in [3.63, 3.8) is 0 Å². The van der Waals surface area contributed by atoms with E-state index in [-0.39, 0.29) is 19.0 Å². The fourth-order valence-electron chi connectivity index (χ4n) is 2.33. The van der Waals surface area contributed by atoms with Gasteiger partial charge >= 0.3 is 0 Å². The van der Waals surface area contributed by atoms with Crippen molar-refractivity contribution in [3.05, 3.63) is 0 Å². The molecule has 0 bridgehead atoms. The fourth-order valence-corrected chi connectivity index (χ4v) is 2.33. The highest BCUT2D eigenvalue weighted by Gasteiger charge is 1.97. The van der Waals surface area contributed by atoms with Crippen LogP contribution in [0.4, 0.5) is 0 Å². The Morgan fingerprint density at radius 3 is 1.53 bits per heavy atom. The van der Waals surface area contributed by atoms with Gasteiger partial charge in [-0.05, 0) is 20.0 Å². The van der Waals surface area contributed by atoms with Gasteiger partial charge in [0, 0.05) is 6.54 Å². The summed E-state index contributed by atoms with van der Waals surface area (Å²) in [6.07, 6.45) is 15.4. The Labute approximate surface area is 127 Å². The van der Waals surface area contributed by atoms with E-state index >= 15 is 0 Å². The van der Waals surface area contributed by atoms with E-state index in [0.717, 1.165) is 13.1 Å².